The Balaban J connectivity index is 2.16. The molecule has 4 nitrogen and oxygen atoms in total. The minimum atomic E-state index is -3.48. The minimum Gasteiger partial charge on any atom is -0.289 e. The smallest absolute Gasteiger partial charge is 0.242 e. The lowest BCUT2D eigenvalue weighted by Crippen LogP contribution is -2.22. The van der Waals surface area contributed by atoms with Gasteiger partial charge in [-0.3, -0.25) is 4.79 Å². The van der Waals surface area contributed by atoms with Gasteiger partial charge in [0.15, 0.2) is 5.78 Å². The second-order valence-corrected chi connectivity index (χ2v) is 8.13. The Labute approximate surface area is 144 Å². The van der Waals surface area contributed by atoms with Crippen LogP contribution in [0.15, 0.2) is 64.0 Å². The maximum absolute atomic E-state index is 12.1. The van der Waals surface area contributed by atoms with Crippen LogP contribution < -0.4 is 0 Å². The van der Waals surface area contributed by atoms with E-state index >= 15 is 0 Å². The largest absolute Gasteiger partial charge is 0.289 e. The highest BCUT2D eigenvalue weighted by molar-refractivity contribution is 9.10. The van der Waals surface area contributed by atoms with Crippen molar-refractivity contribution >= 4 is 37.8 Å². The molecule has 0 spiro atoms. The first kappa shape index (κ1) is 17.6. The second kappa shape index (κ2) is 7.21. The van der Waals surface area contributed by atoms with Crippen molar-refractivity contribution in [2.45, 2.75) is 4.90 Å². The lowest BCUT2D eigenvalue weighted by atomic mass is 10.1. The summed E-state index contributed by atoms with van der Waals surface area (Å²) in [4.78, 5) is 12.3. The normalized spacial score (nSPS) is 12.0. The molecule has 0 amide bonds. The second-order valence-electron chi connectivity index (χ2n) is 5.06. The van der Waals surface area contributed by atoms with Gasteiger partial charge in [-0.15, -0.1) is 0 Å². The van der Waals surface area contributed by atoms with E-state index in [-0.39, 0.29) is 10.7 Å². The standard InChI is InChI=1S/C17H16BrNO3S/c1-19(2)23(21,22)16-10-6-14(7-11-16)17(20)12-5-13-3-8-15(18)9-4-13/h3-12H,1-2H3/b12-5+. The van der Waals surface area contributed by atoms with Gasteiger partial charge >= 0.3 is 0 Å². The third-order valence-corrected chi connectivity index (χ3v) is 5.57. The summed E-state index contributed by atoms with van der Waals surface area (Å²) in [6, 6.07) is 13.5. The molecule has 0 bridgehead atoms. The van der Waals surface area contributed by atoms with E-state index in [9.17, 15) is 13.2 Å². The Morgan fingerprint density at radius 1 is 1.00 bits per heavy atom. The summed E-state index contributed by atoms with van der Waals surface area (Å²) in [5.74, 6) is -0.179. The van der Waals surface area contributed by atoms with Crippen LogP contribution >= 0.6 is 15.9 Å². The summed E-state index contributed by atoms with van der Waals surface area (Å²) >= 11 is 3.35. The van der Waals surface area contributed by atoms with Gasteiger partial charge in [-0.25, -0.2) is 12.7 Å². The predicted octanol–water partition coefficient (Wildman–Crippen LogP) is 3.60. The molecule has 0 saturated heterocycles. The highest BCUT2D eigenvalue weighted by Crippen LogP contribution is 2.15. The molecule has 0 heterocycles. The van der Waals surface area contributed by atoms with E-state index in [1.54, 1.807) is 6.08 Å². The van der Waals surface area contributed by atoms with Gasteiger partial charge in [0.25, 0.3) is 0 Å². The van der Waals surface area contributed by atoms with Crippen LogP contribution in [0.25, 0.3) is 6.08 Å². The van der Waals surface area contributed by atoms with E-state index in [1.807, 2.05) is 24.3 Å². The number of hydrogen-bond acceptors (Lipinski definition) is 3. The van der Waals surface area contributed by atoms with Crippen LogP contribution in [-0.2, 0) is 10.0 Å². The molecule has 0 N–H and O–H groups in total. The molecule has 0 aliphatic rings. The van der Waals surface area contributed by atoms with Crippen LogP contribution in [0.5, 0.6) is 0 Å². The molecule has 0 unspecified atom stereocenters. The summed E-state index contributed by atoms with van der Waals surface area (Å²) in [7, 11) is -0.544. The van der Waals surface area contributed by atoms with Gasteiger partial charge in [0, 0.05) is 24.1 Å². The van der Waals surface area contributed by atoms with Crippen molar-refractivity contribution in [1.29, 1.82) is 0 Å². The first-order valence-corrected chi connectivity index (χ1v) is 9.04. The van der Waals surface area contributed by atoms with E-state index < -0.39 is 10.0 Å². The number of ketones is 1. The topological polar surface area (TPSA) is 54.5 Å². The molecule has 0 aliphatic carbocycles. The maximum atomic E-state index is 12.1. The van der Waals surface area contributed by atoms with Crippen molar-refractivity contribution in [3.63, 3.8) is 0 Å². The summed E-state index contributed by atoms with van der Waals surface area (Å²) in [6.45, 7) is 0. The summed E-state index contributed by atoms with van der Waals surface area (Å²) in [5, 5.41) is 0. The Hall–Kier alpha value is -1.76. The quantitative estimate of drug-likeness (QED) is 0.575. The SMILES string of the molecule is CN(C)S(=O)(=O)c1ccc(C(=O)/C=C/c2ccc(Br)cc2)cc1. The molecule has 2 aromatic rings. The third kappa shape index (κ3) is 4.37. The monoisotopic (exact) mass is 393 g/mol. The van der Waals surface area contributed by atoms with Crippen molar-refractivity contribution in [2.24, 2.45) is 0 Å². The third-order valence-electron chi connectivity index (χ3n) is 3.21. The average Bonchev–Trinajstić information content (AvgIpc) is 2.54. The van der Waals surface area contributed by atoms with Crippen molar-refractivity contribution in [1.82, 2.24) is 4.31 Å². The molecule has 6 heteroatoms. The van der Waals surface area contributed by atoms with E-state index in [4.69, 9.17) is 0 Å². The van der Waals surface area contributed by atoms with Gasteiger partial charge in [-0.1, -0.05) is 34.1 Å². The fraction of sp³-hybridized carbons (Fsp3) is 0.118. The molecule has 2 rings (SSSR count). The Morgan fingerprint density at radius 3 is 2.09 bits per heavy atom. The predicted molar refractivity (Wildman–Crippen MR) is 94.8 cm³/mol. The first-order chi connectivity index (χ1) is 10.8. The van der Waals surface area contributed by atoms with Crippen LogP contribution in [0.3, 0.4) is 0 Å². The molecule has 0 fully saturated rings. The van der Waals surface area contributed by atoms with Gasteiger partial charge < -0.3 is 0 Å². The zero-order chi connectivity index (χ0) is 17.0. The number of allylic oxidation sites excluding steroid dienone is 1. The highest BCUT2D eigenvalue weighted by Gasteiger charge is 2.17. The molecule has 0 atom stereocenters. The number of sulfonamides is 1. The fourth-order valence-corrected chi connectivity index (χ4v) is 3.01. The Kier molecular flexibility index (Phi) is 5.51. The zero-order valence-corrected chi connectivity index (χ0v) is 15.1. The molecule has 0 aliphatic heterocycles. The maximum Gasteiger partial charge on any atom is 0.242 e. The van der Waals surface area contributed by atoms with E-state index in [2.05, 4.69) is 15.9 Å². The molecular weight excluding hydrogens is 378 g/mol. The summed E-state index contributed by atoms with van der Waals surface area (Å²) in [6.07, 6.45) is 3.19. The molecule has 120 valence electrons. The van der Waals surface area contributed by atoms with Crippen LogP contribution in [0.1, 0.15) is 15.9 Å². The van der Waals surface area contributed by atoms with Crippen LogP contribution in [0.2, 0.25) is 0 Å². The van der Waals surface area contributed by atoms with E-state index in [0.717, 1.165) is 14.3 Å². The van der Waals surface area contributed by atoms with Gasteiger partial charge in [-0.2, -0.15) is 0 Å². The summed E-state index contributed by atoms with van der Waals surface area (Å²) < 4.78 is 26.1. The number of halogens is 1. The fourth-order valence-electron chi connectivity index (χ4n) is 1.84. The molecular formula is C17H16BrNO3S. The highest BCUT2D eigenvalue weighted by atomic mass is 79.9. The number of rotatable bonds is 5. The summed E-state index contributed by atoms with van der Waals surface area (Å²) in [5.41, 5.74) is 1.35. The van der Waals surface area contributed by atoms with Gasteiger partial charge in [-0.05, 0) is 48.0 Å². The molecule has 0 aromatic heterocycles. The number of carbonyl (C=O) groups is 1. The van der Waals surface area contributed by atoms with Crippen molar-refractivity contribution in [3.8, 4) is 0 Å². The van der Waals surface area contributed by atoms with Crippen LogP contribution in [0, 0.1) is 0 Å². The Morgan fingerprint density at radius 2 is 1.57 bits per heavy atom. The molecule has 0 radical (unpaired) electrons. The Bertz CT molecular complexity index is 823. The van der Waals surface area contributed by atoms with E-state index in [1.165, 1.54) is 44.4 Å². The van der Waals surface area contributed by atoms with Gasteiger partial charge in [0.1, 0.15) is 0 Å². The zero-order valence-electron chi connectivity index (χ0n) is 12.7. The number of benzene rings is 2. The van der Waals surface area contributed by atoms with Crippen molar-refractivity contribution < 1.29 is 13.2 Å². The van der Waals surface area contributed by atoms with Crippen molar-refractivity contribution in [2.75, 3.05) is 14.1 Å². The van der Waals surface area contributed by atoms with Crippen LogP contribution in [-0.4, -0.2) is 32.6 Å². The van der Waals surface area contributed by atoms with Gasteiger partial charge in [0.2, 0.25) is 10.0 Å². The lowest BCUT2D eigenvalue weighted by molar-refractivity contribution is 0.104. The van der Waals surface area contributed by atoms with Gasteiger partial charge in [0.05, 0.1) is 4.90 Å². The average molecular weight is 394 g/mol. The molecule has 2 aromatic carbocycles. The first-order valence-electron chi connectivity index (χ1n) is 6.81. The van der Waals surface area contributed by atoms with E-state index in [0.29, 0.717) is 5.56 Å². The minimum absolute atomic E-state index is 0.163. The number of nitrogens with zero attached hydrogens (tertiary/aromatic N) is 1. The molecule has 23 heavy (non-hydrogen) atoms. The van der Waals surface area contributed by atoms with Crippen LogP contribution in [0.4, 0.5) is 0 Å². The number of hydrogen-bond donors (Lipinski definition) is 0. The molecule has 0 saturated carbocycles. The number of carbonyl (C=O) groups excluding carboxylic acids is 1. The van der Waals surface area contributed by atoms with Crippen molar-refractivity contribution in [3.05, 3.63) is 70.2 Å². The lowest BCUT2D eigenvalue weighted by Gasteiger charge is -2.11.